The van der Waals surface area contributed by atoms with E-state index in [1.54, 1.807) is 12.1 Å². The summed E-state index contributed by atoms with van der Waals surface area (Å²) in [6.07, 6.45) is 1.19. The highest BCUT2D eigenvalue weighted by atomic mass is 32.2. The fourth-order valence-corrected chi connectivity index (χ4v) is 2.92. The van der Waals surface area contributed by atoms with E-state index in [2.05, 4.69) is 32.6 Å². The molecule has 2 N–H and O–H groups in total. The van der Waals surface area contributed by atoms with Crippen LogP contribution in [-0.4, -0.2) is 27.3 Å². The zero-order valence-electron chi connectivity index (χ0n) is 12.3. The Morgan fingerprint density at radius 2 is 1.79 bits per heavy atom. The molecule has 0 fully saturated rings. The van der Waals surface area contributed by atoms with Crippen LogP contribution < -0.4 is 10.6 Å². The fraction of sp³-hybridized carbons (Fsp3) is 0.571. The molecule has 1 rings (SSSR count). The van der Waals surface area contributed by atoms with Crippen LogP contribution in [0.25, 0.3) is 0 Å². The lowest BCUT2D eigenvalue weighted by Crippen LogP contribution is -2.34. The molecule has 19 heavy (non-hydrogen) atoms. The monoisotopic (exact) mass is 284 g/mol. The predicted molar refractivity (Wildman–Crippen MR) is 81.3 cm³/mol. The number of nitrogens with two attached hydrogens (primary N) is 1. The van der Waals surface area contributed by atoms with Gasteiger partial charge < -0.3 is 10.6 Å². The molecule has 0 heterocycles. The average molecular weight is 284 g/mol. The van der Waals surface area contributed by atoms with Crippen molar-refractivity contribution in [3.05, 3.63) is 18.2 Å². The summed E-state index contributed by atoms with van der Waals surface area (Å²) in [6.45, 7) is 9.26. The third-order valence-electron chi connectivity index (χ3n) is 2.94. The Morgan fingerprint density at radius 1 is 1.21 bits per heavy atom. The Balaban J connectivity index is 3.33. The van der Waals surface area contributed by atoms with Gasteiger partial charge in [-0.3, -0.25) is 0 Å². The molecule has 1 aromatic rings. The Bertz CT molecular complexity index is 536. The Morgan fingerprint density at radius 3 is 2.21 bits per heavy atom. The van der Waals surface area contributed by atoms with Crippen LogP contribution in [0.3, 0.4) is 0 Å². The molecule has 0 spiro atoms. The minimum Gasteiger partial charge on any atom is -0.396 e. The third kappa shape index (κ3) is 3.86. The van der Waals surface area contributed by atoms with Gasteiger partial charge in [0.15, 0.2) is 9.84 Å². The van der Waals surface area contributed by atoms with E-state index in [4.69, 9.17) is 5.73 Å². The number of rotatable bonds is 5. The lowest BCUT2D eigenvalue weighted by atomic mass is 10.1. The molecule has 0 amide bonds. The van der Waals surface area contributed by atoms with Crippen LogP contribution in [0.15, 0.2) is 23.1 Å². The van der Waals surface area contributed by atoms with Gasteiger partial charge in [0.25, 0.3) is 0 Å². The highest BCUT2D eigenvalue weighted by Crippen LogP contribution is 2.31. The number of hydrogen-bond donors (Lipinski definition) is 1. The molecule has 0 saturated heterocycles. The quantitative estimate of drug-likeness (QED) is 0.844. The van der Waals surface area contributed by atoms with Crippen molar-refractivity contribution in [1.29, 1.82) is 0 Å². The van der Waals surface area contributed by atoms with Crippen molar-refractivity contribution in [3.8, 4) is 0 Å². The van der Waals surface area contributed by atoms with E-state index in [0.29, 0.717) is 11.6 Å². The van der Waals surface area contributed by atoms with Gasteiger partial charge in [-0.15, -0.1) is 0 Å². The molecule has 108 valence electrons. The Kier molecular flexibility index (Phi) is 4.85. The van der Waals surface area contributed by atoms with Gasteiger partial charge in [0.05, 0.1) is 16.3 Å². The van der Waals surface area contributed by atoms with E-state index in [1.807, 2.05) is 6.07 Å². The van der Waals surface area contributed by atoms with Crippen molar-refractivity contribution in [3.63, 3.8) is 0 Å². The number of sulfone groups is 1. The van der Waals surface area contributed by atoms with Crippen LogP contribution in [0, 0.1) is 5.92 Å². The van der Waals surface area contributed by atoms with E-state index >= 15 is 0 Å². The largest absolute Gasteiger partial charge is 0.396 e. The maximum atomic E-state index is 11.7. The van der Waals surface area contributed by atoms with E-state index in [9.17, 15) is 8.42 Å². The van der Waals surface area contributed by atoms with Crippen LogP contribution in [0.4, 0.5) is 11.4 Å². The van der Waals surface area contributed by atoms with Gasteiger partial charge in [0.2, 0.25) is 0 Å². The fourth-order valence-electron chi connectivity index (χ4n) is 2.09. The van der Waals surface area contributed by atoms with Gasteiger partial charge in [0.1, 0.15) is 0 Å². The molecule has 0 bridgehead atoms. The van der Waals surface area contributed by atoms with Gasteiger partial charge >= 0.3 is 0 Å². The minimum absolute atomic E-state index is 0.208. The molecule has 0 aromatic heterocycles. The normalized spacial score (nSPS) is 12.2. The maximum absolute atomic E-state index is 11.7. The first kappa shape index (κ1) is 15.8. The topological polar surface area (TPSA) is 63.4 Å². The predicted octanol–water partition coefficient (Wildman–Crippen LogP) is 2.54. The number of anilines is 2. The first-order chi connectivity index (χ1) is 8.64. The summed E-state index contributed by atoms with van der Waals surface area (Å²) >= 11 is 0. The van der Waals surface area contributed by atoms with Crippen molar-refractivity contribution in [2.75, 3.05) is 23.4 Å². The average Bonchev–Trinajstić information content (AvgIpc) is 2.24. The molecule has 0 aliphatic rings. The second kappa shape index (κ2) is 5.82. The summed E-state index contributed by atoms with van der Waals surface area (Å²) < 4.78 is 23.4. The lowest BCUT2D eigenvalue weighted by Gasteiger charge is -2.32. The highest BCUT2D eigenvalue weighted by Gasteiger charge is 2.20. The van der Waals surface area contributed by atoms with E-state index in [1.165, 1.54) is 6.26 Å². The molecular formula is C14H24N2O2S. The molecule has 0 atom stereocenters. The zero-order chi connectivity index (χ0) is 14.8. The molecule has 1 aromatic carbocycles. The zero-order valence-corrected chi connectivity index (χ0v) is 13.2. The van der Waals surface area contributed by atoms with Crippen LogP contribution in [-0.2, 0) is 9.84 Å². The Hall–Kier alpha value is -1.23. The molecule has 0 aliphatic carbocycles. The van der Waals surface area contributed by atoms with Gasteiger partial charge in [-0.05, 0) is 31.9 Å². The smallest absolute Gasteiger partial charge is 0.177 e. The van der Waals surface area contributed by atoms with Crippen molar-refractivity contribution in [2.45, 2.75) is 38.6 Å². The van der Waals surface area contributed by atoms with Crippen LogP contribution in [0.2, 0.25) is 0 Å². The SMILES string of the molecule is CC(C)CN(c1cccc(S(C)(=O)=O)c1N)C(C)C. The molecule has 4 nitrogen and oxygen atoms in total. The third-order valence-corrected chi connectivity index (χ3v) is 4.09. The van der Waals surface area contributed by atoms with Crippen LogP contribution >= 0.6 is 0 Å². The van der Waals surface area contributed by atoms with E-state index < -0.39 is 9.84 Å². The van der Waals surface area contributed by atoms with Crippen LogP contribution in [0.5, 0.6) is 0 Å². The molecule has 5 heteroatoms. The summed E-state index contributed by atoms with van der Waals surface area (Å²) in [7, 11) is -3.30. The Labute approximate surface area is 116 Å². The standard InChI is InChI=1S/C14H24N2O2S/c1-10(2)9-16(11(3)4)12-7-6-8-13(14(12)15)19(5,17)18/h6-8,10-11H,9,15H2,1-5H3. The maximum Gasteiger partial charge on any atom is 0.177 e. The number of hydrogen-bond acceptors (Lipinski definition) is 4. The number of nitrogen functional groups attached to an aromatic ring is 1. The van der Waals surface area contributed by atoms with Gasteiger partial charge in [0, 0.05) is 18.8 Å². The van der Waals surface area contributed by atoms with Crippen LogP contribution in [0.1, 0.15) is 27.7 Å². The van der Waals surface area contributed by atoms with Gasteiger partial charge in [-0.2, -0.15) is 0 Å². The minimum atomic E-state index is -3.30. The van der Waals surface area contributed by atoms with Crippen molar-refractivity contribution in [2.24, 2.45) is 5.92 Å². The van der Waals surface area contributed by atoms with Crippen molar-refractivity contribution < 1.29 is 8.42 Å². The summed E-state index contributed by atoms with van der Waals surface area (Å²) in [4.78, 5) is 2.36. The molecule has 0 unspecified atom stereocenters. The first-order valence-electron chi connectivity index (χ1n) is 6.49. The summed E-state index contributed by atoms with van der Waals surface area (Å²) in [5.74, 6) is 0.476. The molecule has 0 saturated carbocycles. The highest BCUT2D eigenvalue weighted by molar-refractivity contribution is 7.90. The molecule has 0 radical (unpaired) electrons. The van der Waals surface area contributed by atoms with Crippen molar-refractivity contribution >= 4 is 21.2 Å². The second-order valence-electron chi connectivity index (χ2n) is 5.60. The van der Waals surface area contributed by atoms with Crippen molar-refractivity contribution in [1.82, 2.24) is 0 Å². The second-order valence-corrected chi connectivity index (χ2v) is 7.59. The number of nitrogens with zero attached hydrogens (tertiary/aromatic N) is 1. The number of benzene rings is 1. The van der Waals surface area contributed by atoms with Gasteiger partial charge in [-0.1, -0.05) is 19.9 Å². The summed E-state index contributed by atoms with van der Waals surface area (Å²) in [6, 6.07) is 5.45. The number of para-hydroxylation sites is 1. The summed E-state index contributed by atoms with van der Waals surface area (Å²) in [5, 5.41) is 0. The van der Waals surface area contributed by atoms with E-state index in [0.717, 1.165) is 12.2 Å². The first-order valence-corrected chi connectivity index (χ1v) is 8.39. The molecular weight excluding hydrogens is 260 g/mol. The lowest BCUT2D eigenvalue weighted by molar-refractivity contribution is 0.571. The summed E-state index contributed by atoms with van der Waals surface area (Å²) in [5.41, 5.74) is 7.21. The molecule has 0 aliphatic heterocycles. The van der Waals surface area contributed by atoms with E-state index in [-0.39, 0.29) is 10.9 Å². The van der Waals surface area contributed by atoms with Gasteiger partial charge in [-0.25, -0.2) is 8.42 Å².